The number of rotatable bonds is 6. The molecule has 0 unspecified atom stereocenters. The molecule has 1 aliphatic carbocycles. The van der Waals surface area contributed by atoms with Gasteiger partial charge in [-0.1, -0.05) is 76.2 Å². The third-order valence-corrected chi connectivity index (χ3v) is 6.90. The molecule has 0 atom stereocenters. The fourth-order valence-corrected chi connectivity index (χ4v) is 4.66. The van der Waals surface area contributed by atoms with Gasteiger partial charge < -0.3 is 0 Å². The summed E-state index contributed by atoms with van der Waals surface area (Å²) in [6.07, 6.45) is 11.0. The maximum absolute atomic E-state index is 3.81. The van der Waals surface area contributed by atoms with E-state index in [-0.39, 0.29) is 0 Å². The van der Waals surface area contributed by atoms with Crippen LogP contribution in [0.25, 0.3) is 0 Å². The molecule has 0 aliphatic heterocycles. The van der Waals surface area contributed by atoms with Crippen LogP contribution < -0.4 is 0 Å². The van der Waals surface area contributed by atoms with E-state index in [1.165, 1.54) is 61.4 Å². The Bertz CT molecular complexity index is 406. The predicted molar refractivity (Wildman–Crippen MR) is 95.6 cm³/mol. The van der Waals surface area contributed by atoms with E-state index < -0.39 is 0 Å². The predicted octanol–water partition coefficient (Wildman–Crippen LogP) is 6.75. The van der Waals surface area contributed by atoms with Crippen molar-refractivity contribution in [2.45, 2.75) is 58.3 Å². The number of benzene rings is 1. The molecule has 0 aromatic heterocycles. The van der Waals surface area contributed by atoms with Crippen LogP contribution in [0.5, 0.6) is 0 Å². The summed E-state index contributed by atoms with van der Waals surface area (Å²) in [5.74, 6) is 0.987. The van der Waals surface area contributed by atoms with Crippen molar-refractivity contribution < 1.29 is 0 Å². The fraction of sp³-hybridized carbons (Fsp3) is 0.667. The monoisotopic (exact) mass is 400 g/mol. The molecule has 1 aliphatic rings. The second kappa shape index (κ2) is 7.98. The number of hydrogen-bond donors (Lipinski definition) is 0. The van der Waals surface area contributed by atoms with Crippen LogP contribution in [0, 0.1) is 11.3 Å². The number of unbranched alkanes of at least 4 members (excludes halogenated alkanes) is 1. The zero-order chi connectivity index (χ0) is 14.4. The summed E-state index contributed by atoms with van der Waals surface area (Å²) in [4.78, 5) is 0. The molecule has 2 rings (SSSR count). The lowest BCUT2D eigenvalue weighted by atomic mass is 9.68. The van der Waals surface area contributed by atoms with Crippen molar-refractivity contribution in [3.05, 3.63) is 34.3 Å². The molecule has 2 heteroatoms. The minimum Gasteiger partial charge on any atom is -0.0922 e. The highest BCUT2D eigenvalue weighted by molar-refractivity contribution is 9.10. The molecule has 0 bridgehead atoms. The van der Waals surface area contributed by atoms with E-state index in [9.17, 15) is 0 Å². The molecule has 0 saturated heterocycles. The van der Waals surface area contributed by atoms with Crippen LogP contribution >= 0.6 is 31.9 Å². The maximum atomic E-state index is 3.81. The van der Waals surface area contributed by atoms with Gasteiger partial charge in [0.1, 0.15) is 0 Å². The lowest BCUT2D eigenvalue weighted by Crippen LogP contribution is -2.31. The van der Waals surface area contributed by atoms with Crippen molar-refractivity contribution in [1.82, 2.24) is 0 Å². The van der Waals surface area contributed by atoms with Crippen molar-refractivity contribution in [2.24, 2.45) is 11.3 Å². The molecule has 1 saturated carbocycles. The average Bonchev–Trinajstić information content (AvgIpc) is 2.49. The number of halogens is 2. The van der Waals surface area contributed by atoms with Gasteiger partial charge >= 0.3 is 0 Å². The van der Waals surface area contributed by atoms with Gasteiger partial charge in [-0.25, -0.2) is 0 Å². The van der Waals surface area contributed by atoms with Gasteiger partial charge in [-0.15, -0.1) is 0 Å². The zero-order valence-electron chi connectivity index (χ0n) is 12.5. The van der Waals surface area contributed by atoms with Crippen molar-refractivity contribution in [1.29, 1.82) is 0 Å². The Morgan fingerprint density at radius 1 is 1.20 bits per heavy atom. The summed E-state index contributed by atoms with van der Waals surface area (Å²) in [6.45, 7) is 2.30. The van der Waals surface area contributed by atoms with Gasteiger partial charge in [-0.3, -0.25) is 0 Å². The van der Waals surface area contributed by atoms with Crippen LogP contribution in [0.4, 0.5) is 0 Å². The standard InChI is InChI=1S/C18H26Br2/c1-2-3-6-15-9-11-18(14-19,12-10-15)13-16-7-4-5-8-17(16)20/h4-5,7-8,15H,2-3,6,9-14H2,1H3. The Hall–Kier alpha value is 0.180. The van der Waals surface area contributed by atoms with E-state index in [2.05, 4.69) is 63.0 Å². The molecular weight excluding hydrogens is 376 g/mol. The van der Waals surface area contributed by atoms with Crippen LogP contribution in [0.1, 0.15) is 57.4 Å². The Morgan fingerprint density at radius 3 is 2.50 bits per heavy atom. The molecule has 0 radical (unpaired) electrons. The third-order valence-electron chi connectivity index (χ3n) is 4.94. The molecule has 1 aromatic carbocycles. The minimum absolute atomic E-state index is 0.479. The smallest absolute Gasteiger partial charge is 0.0207 e. The molecular formula is C18H26Br2. The SMILES string of the molecule is CCCCC1CCC(CBr)(Cc2ccccc2Br)CC1. The third kappa shape index (κ3) is 4.34. The highest BCUT2D eigenvalue weighted by Crippen LogP contribution is 2.44. The van der Waals surface area contributed by atoms with E-state index in [0.29, 0.717) is 5.41 Å². The van der Waals surface area contributed by atoms with Gasteiger partial charge in [-0.05, 0) is 55.1 Å². The molecule has 1 fully saturated rings. The molecule has 0 amide bonds. The summed E-state index contributed by atoms with van der Waals surface area (Å²) in [5.41, 5.74) is 1.95. The summed E-state index contributed by atoms with van der Waals surface area (Å²) < 4.78 is 1.27. The molecule has 1 aromatic rings. The van der Waals surface area contributed by atoms with Crippen LogP contribution in [-0.2, 0) is 6.42 Å². The van der Waals surface area contributed by atoms with Crippen molar-refractivity contribution in [3.63, 3.8) is 0 Å². The van der Waals surface area contributed by atoms with Crippen LogP contribution in [0.15, 0.2) is 28.7 Å². The van der Waals surface area contributed by atoms with Crippen molar-refractivity contribution in [3.8, 4) is 0 Å². The zero-order valence-corrected chi connectivity index (χ0v) is 15.7. The van der Waals surface area contributed by atoms with Crippen LogP contribution in [-0.4, -0.2) is 5.33 Å². The highest BCUT2D eigenvalue weighted by Gasteiger charge is 2.34. The van der Waals surface area contributed by atoms with Gasteiger partial charge in [0.2, 0.25) is 0 Å². The molecule has 0 spiro atoms. The van der Waals surface area contributed by atoms with Crippen LogP contribution in [0.2, 0.25) is 0 Å². The van der Waals surface area contributed by atoms with Gasteiger partial charge in [0.25, 0.3) is 0 Å². The van der Waals surface area contributed by atoms with E-state index in [1.54, 1.807) is 0 Å². The largest absolute Gasteiger partial charge is 0.0922 e. The maximum Gasteiger partial charge on any atom is 0.0207 e. The normalized spacial score (nSPS) is 26.6. The lowest BCUT2D eigenvalue weighted by molar-refractivity contribution is 0.168. The topological polar surface area (TPSA) is 0 Å². The van der Waals surface area contributed by atoms with Gasteiger partial charge in [0.05, 0.1) is 0 Å². The first kappa shape index (κ1) is 16.5. The quantitative estimate of drug-likeness (QED) is 0.462. The summed E-state index contributed by atoms with van der Waals surface area (Å²) in [7, 11) is 0. The van der Waals surface area contributed by atoms with Gasteiger partial charge in [-0.2, -0.15) is 0 Å². The van der Waals surface area contributed by atoms with Crippen LogP contribution in [0.3, 0.4) is 0 Å². The van der Waals surface area contributed by atoms with Crippen molar-refractivity contribution >= 4 is 31.9 Å². The highest BCUT2D eigenvalue weighted by atomic mass is 79.9. The van der Waals surface area contributed by atoms with E-state index in [1.807, 2.05) is 0 Å². The summed E-state index contributed by atoms with van der Waals surface area (Å²) in [5, 5.41) is 1.14. The fourth-order valence-electron chi connectivity index (χ4n) is 3.47. The Morgan fingerprint density at radius 2 is 1.90 bits per heavy atom. The first-order valence-corrected chi connectivity index (χ1v) is 9.90. The lowest BCUT2D eigenvalue weighted by Gasteiger charge is -2.39. The minimum atomic E-state index is 0.479. The second-order valence-corrected chi connectivity index (χ2v) is 7.90. The second-order valence-electron chi connectivity index (χ2n) is 6.49. The number of hydrogen-bond acceptors (Lipinski definition) is 0. The first-order chi connectivity index (χ1) is 9.69. The van der Waals surface area contributed by atoms with Gasteiger partial charge in [0.15, 0.2) is 0 Å². The van der Waals surface area contributed by atoms with E-state index in [0.717, 1.165) is 11.2 Å². The molecule has 0 heterocycles. The Balaban J connectivity index is 1.97. The molecule has 0 N–H and O–H groups in total. The van der Waals surface area contributed by atoms with E-state index in [4.69, 9.17) is 0 Å². The summed E-state index contributed by atoms with van der Waals surface area (Å²) in [6, 6.07) is 8.72. The van der Waals surface area contributed by atoms with E-state index >= 15 is 0 Å². The van der Waals surface area contributed by atoms with Gasteiger partial charge in [0, 0.05) is 9.80 Å². The summed E-state index contributed by atoms with van der Waals surface area (Å²) >= 11 is 7.51. The first-order valence-electron chi connectivity index (χ1n) is 7.98. The molecule has 0 nitrogen and oxygen atoms in total. The Labute approximate surface area is 141 Å². The molecule has 112 valence electrons. The molecule has 20 heavy (non-hydrogen) atoms. The Kier molecular flexibility index (Phi) is 6.61. The average molecular weight is 402 g/mol. The number of alkyl halides is 1. The van der Waals surface area contributed by atoms with Crippen molar-refractivity contribution in [2.75, 3.05) is 5.33 Å².